The van der Waals surface area contributed by atoms with Crippen LogP contribution in [0.25, 0.3) is 104 Å². The van der Waals surface area contributed by atoms with Gasteiger partial charge in [0.1, 0.15) is 0 Å². The van der Waals surface area contributed by atoms with Gasteiger partial charge in [0, 0.05) is 54.6 Å². The minimum absolute atomic E-state index is 1.13. The maximum atomic E-state index is 3.83. The van der Waals surface area contributed by atoms with E-state index in [0.717, 1.165) is 22.2 Å². The van der Waals surface area contributed by atoms with Crippen molar-refractivity contribution in [2.45, 2.75) is 0 Å². The Kier molecular flexibility index (Phi) is 5.96. The van der Waals surface area contributed by atoms with Crippen molar-refractivity contribution in [2.24, 2.45) is 0 Å². The van der Waals surface area contributed by atoms with E-state index >= 15 is 0 Å². The molecular formula is C48H31N3. The second-order valence-corrected chi connectivity index (χ2v) is 13.5. The highest BCUT2D eigenvalue weighted by molar-refractivity contribution is 6.25. The number of aromatic nitrogens is 3. The molecule has 0 spiro atoms. The number of hydrogen-bond acceptors (Lipinski definition) is 0. The third-order valence-electron chi connectivity index (χ3n) is 10.7. The van der Waals surface area contributed by atoms with Crippen molar-refractivity contribution >= 4 is 65.4 Å². The summed E-state index contributed by atoms with van der Waals surface area (Å²) in [7, 11) is 0. The average molecular weight is 650 g/mol. The topological polar surface area (TPSA) is 36.5 Å². The molecule has 3 heteroatoms. The zero-order valence-electron chi connectivity index (χ0n) is 27.7. The van der Waals surface area contributed by atoms with Crippen LogP contribution in [0.2, 0.25) is 0 Å². The smallest absolute Gasteiger partial charge is 0.0566 e. The fourth-order valence-electron chi connectivity index (χ4n) is 8.22. The summed E-state index contributed by atoms with van der Waals surface area (Å²) in [5.41, 5.74) is 15.4. The molecule has 0 amide bonds. The quantitative estimate of drug-likeness (QED) is 0.190. The first-order chi connectivity index (χ1) is 25.3. The highest BCUT2D eigenvalue weighted by Gasteiger charge is 2.18. The summed E-state index contributed by atoms with van der Waals surface area (Å²) in [4.78, 5) is 7.50. The molecule has 3 nitrogen and oxygen atoms in total. The molecule has 0 saturated heterocycles. The van der Waals surface area contributed by atoms with Gasteiger partial charge in [-0.25, -0.2) is 0 Å². The molecule has 0 atom stereocenters. The van der Waals surface area contributed by atoms with Crippen molar-refractivity contribution in [3.05, 3.63) is 176 Å². The molecule has 0 aliphatic carbocycles. The summed E-state index contributed by atoms with van der Waals surface area (Å²) in [5.74, 6) is 0. The van der Waals surface area contributed by atoms with Gasteiger partial charge in [0.15, 0.2) is 0 Å². The minimum atomic E-state index is 1.13. The molecule has 51 heavy (non-hydrogen) atoms. The normalized spacial score (nSPS) is 11.9. The average Bonchev–Trinajstić information content (AvgIpc) is 3.87. The summed E-state index contributed by atoms with van der Waals surface area (Å²) in [6, 6.07) is 63.9. The van der Waals surface area contributed by atoms with E-state index in [-0.39, 0.29) is 0 Å². The molecular weight excluding hydrogens is 619 g/mol. The van der Waals surface area contributed by atoms with Crippen LogP contribution in [0, 0.1) is 0 Å². The Morgan fingerprint density at radius 1 is 0.314 bits per heavy atom. The van der Waals surface area contributed by atoms with Crippen molar-refractivity contribution < 1.29 is 0 Å². The Morgan fingerprint density at radius 2 is 0.804 bits per heavy atom. The van der Waals surface area contributed by atoms with Crippen LogP contribution in [0.1, 0.15) is 0 Å². The molecule has 0 radical (unpaired) electrons. The Labute approximate surface area is 294 Å². The van der Waals surface area contributed by atoms with Crippen molar-refractivity contribution in [3.63, 3.8) is 0 Å². The number of H-pyrrole nitrogens is 2. The van der Waals surface area contributed by atoms with E-state index in [9.17, 15) is 0 Å². The van der Waals surface area contributed by atoms with E-state index in [1.165, 1.54) is 82.2 Å². The van der Waals surface area contributed by atoms with E-state index < -0.39 is 0 Å². The first-order valence-corrected chi connectivity index (χ1v) is 17.5. The van der Waals surface area contributed by atoms with Crippen LogP contribution in [-0.2, 0) is 0 Å². The Morgan fingerprint density at radius 3 is 1.39 bits per heavy atom. The molecule has 3 aromatic heterocycles. The summed E-state index contributed by atoms with van der Waals surface area (Å²) >= 11 is 0. The summed E-state index contributed by atoms with van der Waals surface area (Å²) in [6.45, 7) is 0. The minimum Gasteiger partial charge on any atom is -0.354 e. The van der Waals surface area contributed by atoms with Gasteiger partial charge in [-0.2, -0.15) is 0 Å². The Hall–Kier alpha value is -6.84. The van der Waals surface area contributed by atoms with Crippen LogP contribution in [0.5, 0.6) is 0 Å². The number of benzene rings is 8. The predicted molar refractivity (Wildman–Crippen MR) is 216 cm³/mol. The van der Waals surface area contributed by atoms with Gasteiger partial charge >= 0.3 is 0 Å². The van der Waals surface area contributed by atoms with Gasteiger partial charge in [0.05, 0.1) is 16.6 Å². The highest BCUT2D eigenvalue weighted by atomic mass is 15.0. The van der Waals surface area contributed by atoms with E-state index in [1.807, 2.05) is 0 Å². The lowest BCUT2D eigenvalue weighted by Crippen LogP contribution is -1.93. The van der Waals surface area contributed by atoms with Gasteiger partial charge in [-0.05, 0) is 94.0 Å². The molecule has 3 heterocycles. The van der Waals surface area contributed by atoms with Crippen molar-refractivity contribution in [1.29, 1.82) is 0 Å². The maximum Gasteiger partial charge on any atom is 0.0566 e. The van der Waals surface area contributed by atoms with Crippen molar-refractivity contribution in [3.8, 4) is 39.1 Å². The second kappa shape index (κ2) is 10.8. The predicted octanol–water partition coefficient (Wildman–Crippen LogP) is 13.1. The fourth-order valence-corrected chi connectivity index (χ4v) is 8.22. The summed E-state index contributed by atoms with van der Waals surface area (Å²) < 4.78 is 2.43. The molecule has 11 rings (SSSR count). The molecule has 238 valence electrons. The monoisotopic (exact) mass is 649 g/mol. The highest BCUT2D eigenvalue weighted by Crippen LogP contribution is 2.40. The number of rotatable bonds is 4. The molecule has 8 aromatic carbocycles. The first-order valence-electron chi connectivity index (χ1n) is 17.5. The number of nitrogens with zero attached hydrogens (tertiary/aromatic N) is 1. The van der Waals surface area contributed by atoms with E-state index in [0.29, 0.717) is 0 Å². The number of hydrogen-bond donors (Lipinski definition) is 2. The zero-order chi connectivity index (χ0) is 33.5. The molecule has 0 bridgehead atoms. The Bertz CT molecular complexity index is 3010. The second-order valence-electron chi connectivity index (χ2n) is 13.5. The van der Waals surface area contributed by atoms with Crippen LogP contribution in [0.15, 0.2) is 176 Å². The molecule has 0 saturated carbocycles. The van der Waals surface area contributed by atoms with Crippen LogP contribution in [-0.4, -0.2) is 14.5 Å². The number of aromatic amines is 2. The molecule has 0 fully saturated rings. The van der Waals surface area contributed by atoms with Gasteiger partial charge in [-0.1, -0.05) is 115 Å². The molecule has 11 aromatic rings. The molecule has 0 aliphatic heterocycles. The van der Waals surface area contributed by atoms with E-state index in [2.05, 4.69) is 190 Å². The van der Waals surface area contributed by atoms with E-state index in [1.54, 1.807) is 0 Å². The van der Waals surface area contributed by atoms with Gasteiger partial charge < -0.3 is 14.5 Å². The maximum absolute atomic E-state index is 3.83. The third-order valence-corrected chi connectivity index (χ3v) is 10.7. The lowest BCUT2D eigenvalue weighted by molar-refractivity contribution is 1.19. The standard InChI is InChI=1S/C48H31N3/c1-4-10-30(11-5-1)33-16-21-43-41(28-33)47-44(49-43)23-20-37-38-29-36(19-22-42(38)50-48(37)47)51-45-24-17-34(31-12-6-2-7-13-31)26-39(45)40-27-35(18-25-46(40)51)32-14-8-3-9-15-32/h1-29,49-50H. The van der Waals surface area contributed by atoms with Gasteiger partial charge in [0.25, 0.3) is 0 Å². The third kappa shape index (κ3) is 4.32. The van der Waals surface area contributed by atoms with Crippen LogP contribution < -0.4 is 0 Å². The lowest BCUT2D eigenvalue weighted by Gasteiger charge is -2.09. The molecule has 2 N–H and O–H groups in total. The summed E-state index contributed by atoms with van der Waals surface area (Å²) in [5, 5.41) is 7.40. The fraction of sp³-hybridized carbons (Fsp3) is 0. The summed E-state index contributed by atoms with van der Waals surface area (Å²) in [6.07, 6.45) is 0. The van der Waals surface area contributed by atoms with Crippen LogP contribution in [0.3, 0.4) is 0 Å². The number of nitrogens with one attached hydrogen (secondary N) is 2. The Balaban J connectivity index is 1.14. The zero-order valence-corrected chi connectivity index (χ0v) is 27.7. The molecule has 0 unspecified atom stereocenters. The molecule has 0 aliphatic rings. The van der Waals surface area contributed by atoms with Crippen LogP contribution >= 0.6 is 0 Å². The van der Waals surface area contributed by atoms with E-state index in [4.69, 9.17) is 0 Å². The van der Waals surface area contributed by atoms with Crippen LogP contribution in [0.4, 0.5) is 0 Å². The SMILES string of the molecule is c1ccc(-c2ccc3[nH]c4ccc5c6cc(-n7c8ccc(-c9ccccc9)cc8c8cc(-c9ccccc9)ccc87)ccc6[nH]c5c4c3c2)cc1. The van der Waals surface area contributed by atoms with Gasteiger partial charge in [-0.3, -0.25) is 0 Å². The van der Waals surface area contributed by atoms with Crippen molar-refractivity contribution in [2.75, 3.05) is 0 Å². The first kappa shape index (κ1) is 28.0. The van der Waals surface area contributed by atoms with Gasteiger partial charge in [0.2, 0.25) is 0 Å². The largest absolute Gasteiger partial charge is 0.354 e. The van der Waals surface area contributed by atoms with Crippen molar-refractivity contribution in [1.82, 2.24) is 14.5 Å². The number of fused-ring (bicyclic) bond motifs is 10. The van der Waals surface area contributed by atoms with Gasteiger partial charge in [-0.15, -0.1) is 0 Å². The lowest BCUT2D eigenvalue weighted by atomic mass is 10.0.